The summed E-state index contributed by atoms with van der Waals surface area (Å²) < 4.78 is 1.15. The van der Waals surface area contributed by atoms with Crippen molar-refractivity contribution >= 4 is 34.9 Å². The van der Waals surface area contributed by atoms with Crippen LogP contribution in [-0.2, 0) is 0 Å². The van der Waals surface area contributed by atoms with Crippen molar-refractivity contribution in [1.82, 2.24) is 9.97 Å². The normalized spacial score (nSPS) is 10.2. The van der Waals surface area contributed by atoms with Gasteiger partial charge in [-0.05, 0) is 11.4 Å². The van der Waals surface area contributed by atoms with Crippen molar-refractivity contribution in [3.63, 3.8) is 0 Å². The van der Waals surface area contributed by atoms with Gasteiger partial charge in [0.1, 0.15) is 10.8 Å². The maximum absolute atomic E-state index is 5.54. The molecule has 2 aromatic rings. The van der Waals surface area contributed by atoms with Gasteiger partial charge in [-0.2, -0.15) is 4.98 Å². The zero-order chi connectivity index (χ0) is 10.7. The summed E-state index contributed by atoms with van der Waals surface area (Å²) in [6.45, 7) is 0. The van der Waals surface area contributed by atoms with Crippen LogP contribution >= 0.6 is 23.1 Å². The van der Waals surface area contributed by atoms with E-state index in [0.717, 1.165) is 9.24 Å². The van der Waals surface area contributed by atoms with Crippen molar-refractivity contribution in [2.24, 2.45) is 5.84 Å². The van der Waals surface area contributed by atoms with Crippen molar-refractivity contribution in [1.29, 1.82) is 0 Å². The molecule has 0 saturated carbocycles. The minimum Gasteiger partial charge on any atom is -0.368 e. The number of nitrogen functional groups attached to an aromatic ring is 2. The van der Waals surface area contributed by atoms with Crippen molar-refractivity contribution in [2.45, 2.75) is 9.24 Å². The van der Waals surface area contributed by atoms with Crippen LogP contribution in [0.4, 0.5) is 11.8 Å². The summed E-state index contributed by atoms with van der Waals surface area (Å²) in [5.74, 6) is 5.99. The molecular weight excluding hydrogens is 230 g/mol. The highest BCUT2D eigenvalue weighted by atomic mass is 32.2. The molecule has 2 heterocycles. The molecule has 0 aliphatic carbocycles. The van der Waals surface area contributed by atoms with Gasteiger partial charge in [0, 0.05) is 6.07 Å². The Hall–Kier alpha value is -1.31. The van der Waals surface area contributed by atoms with E-state index in [1.54, 1.807) is 17.4 Å². The Morgan fingerprint density at radius 3 is 2.93 bits per heavy atom. The summed E-state index contributed by atoms with van der Waals surface area (Å²) in [5.41, 5.74) is 7.98. The van der Waals surface area contributed by atoms with Gasteiger partial charge in [-0.3, -0.25) is 0 Å². The highest BCUT2D eigenvalue weighted by Gasteiger charge is 2.03. The zero-order valence-electron chi connectivity index (χ0n) is 7.68. The Kier molecular flexibility index (Phi) is 3.05. The molecule has 0 spiro atoms. The highest BCUT2D eigenvalue weighted by molar-refractivity contribution is 8.01. The van der Waals surface area contributed by atoms with E-state index in [1.165, 1.54) is 11.8 Å². The quantitative estimate of drug-likeness (QED) is 0.428. The second kappa shape index (κ2) is 4.47. The van der Waals surface area contributed by atoms with Gasteiger partial charge in [-0.1, -0.05) is 17.8 Å². The number of anilines is 2. The van der Waals surface area contributed by atoms with Crippen LogP contribution in [0, 0.1) is 0 Å². The van der Waals surface area contributed by atoms with Crippen molar-refractivity contribution in [3.8, 4) is 0 Å². The van der Waals surface area contributed by atoms with Gasteiger partial charge in [0.25, 0.3) is 0 Å². The van der Waals surface area contributed by atoms with E-state index in [1.807, 2.05) is 17.5 Å². The summed E-state index contributed by atoms with van der Waals surface area (Å²) in [5, 5.41) is 2.78. The average molecular weight is 239 g/mol. The first-order valence-corrected chi connectivity index (χ1v) is 5.80. The van der Waals surface area contributed by atoms with Crippen LogP contribution < -0.4 is 17.0 Å². The van der Waals surface area contributed by atoms with E-state index in [0.29, 0.717) is 5.82 Å². The fraction of sp³-hybridized carbons (Fsp3) is 0. The molecule has 0 aromatic carbocycles. The number of nitrogens with two attached hydrogens (primary N) is 2. The maximum atomic E-state index is 5.54. The van der Waals surface area contributed by atoms with Gasteiger partial charge in [0.2, 0.25) is 5.95 Å². The third kappa shape index (κ3) is 2.58. The maximum Gasteiger partial charge on any atom is 0.223 e. The van der Waals surface area contributed by atoms with E-state index in [2.05, 4.69) is 15.4 Å². The molecular formula is C8H9N5S2. The Bertz CT molecular complexity index is 442. The summed E-state index contributed by atoms with van der Waals surface area (Å²) in [7, 11) is 0. The molecule has 0 saturated heterocycles. The van der Waals surface area contributed by atoms with Gasteiger partial charge in [0.05, 0.1) is 4.21 Å². The van der Waals surface area contributed by atoms with Crippen LogP contribution in [0.25, 0.3) is 0 Å². The van der Waals surface area contributed by atoms with Crippen molar-refractivity contribution < 1.29 is 0 Å². The lowest BCUT2D eigenvalue weighted by Crippen LogP contribution is -2.10. The van der Waals surface area contributed by atoms with Crippen LogP contribution in [-0.4, -0.2) is 9.97 Å². The number of hydrazine groups is 1. The first-order chi connectivity index (χ1) is 7.28. The molecule has 15 heavy (non-hydrogen) atoms. The summed E-state index contributed by atoms with van der Waals surface area (Å²) in [6.07, 6.45) is 0. The molecule has 0 amide bonds. The van der Waals surface area contributed by atoms with Crippen LogP contribution in [0.15, 0.2) is 32.8 Å². The number of thiophene rings is 1. The fourth-order valence-corrected chi connectivity index (χ4v) is 2.72. The third-order valence-electron chi connectivity index (χ3n) is 1.57. The Balaban J connectivity index is 2.24. The minimum atomic E-state index is 0.213. The number of hydrogen-bond donors (Lipinski definition) is 3. The molecule has 0 atom stereocenters. The van der Waals surface area contributed by atoms with Gasteiger partial charge in [-0.25, -0.2) is 10.8 Å². The van der Waals surface area contributed by atoms with Crippen LogP contribution in [0.3, 0.4) is 0 Å². The minimum absolute atomic E-state index is 0.213. The number of aromatic nitrogens is 2. The molecule has 2 rings (SSSR count). The zero-order valence-corrected chi connectivity index (χ0v) is 9.31. The van der Waals surface area contributed by atoms with Crippen LogP contribution in [0.1, 0.15) is 0 Å². The topological polar surface area (TPSA) is 89.8 Å². The number of nitrogens with zero attached hydrogens (tertiary/aromatic N) is 2. The molecule has 7 heteroatoms. The van der Waals surface area contributed by atoms with E-state index in [4.69, 9.17) is 11.6 Å². The monoisotopic (exact) mass is 239 g/mol. The number of rotatable bonds is 3. The van der Waals surface area contributed by atoms with Crippen LogP contribution in [0.5, 0.6) is 0 Å². The Labute approximate surface area is 94.9 Å². The SMILES string of the molecule is NNc1cc(Sc2cccs2)nc(N)n1. The second-order valence-electron chi connectivity index (χ2n) is 2.63. The van der Waals surface area contributed by atoms with Crippen molar-refractivity contribution in [3.05, 3.63) is 23.6 Å². The smallest absolute Gasteiger partial charge is 0.223 e. The summed E-state index contributed by atoms with van der Waals surface area (Å²) in [6, 6.07) is 5.75. The number of nitrogens with one attached hydrogen (secondary N) is 1. The molecule has 5 nitrogen and oxygen atoms in total. The van der Waals surface area contributed by atoms with E-state index < -0.39 is 0 Å². The molecule has 5 N–H and O–H groups in total. The second-order valence-corrected chi connectivity index (χ2v) is 4.90. The van der Waals surface area contributed by atoms with E-state index in [-0.39, 0.29) is 5.95 Å². The van der Waals surface area contributed by atoms with E-state index in [9.17, 15) is 0 Å². The predicted octanol–water partition coefficient (Wildman–Crippen LogP) is 1.56. The van der Waals surface area contributed by atoms with Gasteiger partial charge in [0.15, 0.2) is 0 Å². The fourth-order valence-electron chi connectivity index (χ4n) is 0.994. The third-order valence-corrected chi connectivity index (χ3v) is 3.52. The molecule has 0 unspecified atom stereocenters. The largest absolute Gasteiger partial charge is 0.368 e. The van der Waals surface area contributed by atoms with Gasteiger partial charge < -0.3 is 11.2 Å². The first kappa shape index (κ1) is 10.2. The number of hydrogen-bond acceptors (Lipinski definition) is 7. The van der Waals surface area contributed by atoms with Crippen LogP contribution in [0.2, 0.25) is 0 Å². The first-order valence-electron chi connectivity index (χ1n) is 4.10. The molecule has 0 radical (unpaired) electrons. The molecule has 0 bridgehead atoms. The Morgan fingerprint density at radius 2 is 2.27 bits per heavy atom. The lowest BCUT2D eigenvalue weighted by atomic mass is 10.6. The van der Waals surface area contributed by atoms with Gasteiger partial charge >= 0.3 is 0 Å². The predicted molar refractivity (Wildman–Crippen MR) is 62.7 cm³/mol. The molecule has 2 aromatic heterocycles. The molecule has 0 aliphatic rings. The standard InChI is InChI=1S/C8H9N5S2/c9-8-11-5(13-10)4-6(12-8)15-7-2-1-3-14-7/h1-4H,10H2,(H3,9,11,12,13). The summed E-state index contributed by atoms with van der Waals surface area (Å²) in [4.78, 5) is 8.00. The lowest BCUT2D eigenvalue weighted by Gasteiger charge is -2.03. The molecule has 0 aliphatic heterocycles. The molecule has 0 fully saturated rings. The lowest BCUT2D eigenvalue weighted by molar-refractivity contribution is 1.06. The van der Waals surface area contributed by atoms with Crippen molar-refractivity contribution in [2.75, 3.05) is 11.2 Å². The Morgan fingerprint density at radius 1 is 1.40 bits per heavy atom. The summed E-state index contributed by atoms with van der Waals surface area (Å²) >= 11 is 3.18. The van der Waals surface area contributed by atoms with Gasteiger partial charge in [-0.15, -0.1) is 11.3 Å². The average Bonchev–Trinajstić information content (AvgIpc) is 2.69. The molecule has 78 valence electrons. The highest BCUT2D eigenvalue weighted by Crippen LogP contribution is 2.30. The van der Waals surface area contributed by atoms with E-state index >= 15 is 0 Å².